The normalized spacial score (nSPS) is 10.3. The van der Waals surface area contributed by atoms with Gasteiger partial charge in [0.05, 0.1) is 0 Å². The number of benzene rings is 1. The van der Waals surface area contributed by atoms with Crippen molar-refractivity contribution < 1.29 is 14.3 Å². The van der Waals surface area contributed by atoms with E-state index in [0.717, 1.165) is 25.0 Å². The molecule has 0 fully saturated rings. The van der Waals surface area contributed by atoms with Crippen molar-refractivity contribution in [2.24, 2.45) is 0 Å². The third kappa shape index (κ3) is 10.8. The Balaban J connectivity index is 1.92. The Hall–Kier alpha value is -1.48. The van der Waals surface area contributed by atoms with Gasteiger partial charge in [-0.05, 0) is 43.5 Å². The van der Waals surface area contributed by atoms with Gasteiger partial charge in [-0.25, -0.2) is 0 Å². The quantitative estimate of drug-likeness (QED) is 0.268. The number of halogens is 1. The van der Waals surface area contributed by atoms with Crippen LogP contribution in [-0.4, -0.2) is 19.2 Å². The molecule has 1 rings (SSSR count). The van der Waals surface area contributed by atoms with Gasteiger partial charge in [0.15, 0.2) is 0 Å². The number of carbonyl (C=O) groups excluding carboxylic acids is 1. The van der Waals surface area contributed by atoms with Crippen LogP contribution in [0.1, 0.15) is 51.4 Å². The Morgan fingerprint density at radius 1 is 1.00 bits per heavy atom. The second kappa shape index (κ2) is 13.0. The summed E-state index contributed by atoms with van der Waals surface area (Å²) in [4.78, 5) is 11.6. The first-order valence-electron chi connectivity index (χ1n) is 8.37. The van der Waals surface area contributed by atoms with Crippen LogP contribution in [0.5, 0.6) is 5.75 Å². The van der Waals surface area contributed by atoms with Gasteiger partial charge in [0.2, 0.25) is 0 Å². The minimum absolute atomic E-state index is 0.142. The van der Waals surface area contributed by atoms with Gasteiger partial charge in [-0.2, -0.15) is 0 Å². The van der Waals surface area contributed by atoms with Gasteiger partial charge in [-0.1, -0.05) is 43.4 Å². The summed E-state index contributed by atoms with van der Waals surface area (Å²) >= 11 is 5.79. The highest BCUT2D eigenvalue weighted by molar-refractivity contribution is 6.30. The van der Waals surface area contributed by atoms with Gasteiger partial charge >= 0.3 is 5.97 Å². The molecule has 0 saturated heterocycles. The Morgan fingerprint density at radius 3 is 2.35 bits per heavy atom. The molecule has 23 heavy (non-hydrogen) atoms. The van der Waals surface area contributed by atoms with Crippen LogP contribution >= 0.6 is 11.6 Å². The van der Waals surface area contributed by atoms with Crippen LogP contribution in [-0.2, 0) is 9.53 Å². The smallest absolute Gasteiger partial charge is 0.305 e. The standard InChI is InChI=1S/C19H27ClO3/c1-2-3-4-5-6-7-8-9-10-19(21)23-16-15-22-18-13-11-17(20)12-14-18/h2,11-14H,1,3-10,15-16H2. The SMILES string of the molecule is C=CCCCCCCCCC(=O)OCCOc1ccc(Cl)cc1. The monoisotopic (exact) mass is 338 g/mol. The zero-order chi connectivity index (χ0) is 16.8. The number of carbonyl (C=O) groups is 1. The van der Waals surface area contributed by atoms with Gasteiger partial charge < -0.3 is 9.47 Å². The first kappa shape index (κ1) is 19.6. The molecule has 0 bridgehead atoms. The van der Waals surface area contributed by atoms with Crippen molar-refractivity contribution in [2.75, 3.05) is 13.2 Å². The number of hydrogen-bond acceptors (Lipinski definition) is 3. The van der Waals surface area contributed by atoms with Gasteiger partial charge in [-0.3, -0.25) is 4.79 Å². The summed E-state index contributed by atoms with van der Waals surface area (Å²) in [6.45, 7) is 4.35. The van der Waals surface area contributed by atoms with E-state index in [9.17, 15) is 4.79 Å². The summed E-state index contributed by atoms with van der Waals surface area (Å²) in [5, 5.41) is 0.671. The highest BCUT2D eigenvalue weighted by Crippen LogP contribution is 2.15. The Bertz CT molecular complexity index is 442. The lowest BCUT2D eigenvalue weighted by Crippen LogP contribution is -2.11. The van der Waals surface area contributed by atoms with E-state index in [0.29, 0.717) is 18.1 Å². The van der Waals surface area contributed by atoms with Crippen molar-refractivity contribution in [3.8, 4) is 5.75 Å². The molecular weight excluding hydrogens is 312 g/mol. The third-order valence-corrected chi connectivity index (χ3v) is 3.72. The molecule has 4 heteroatoms. The van der Waals surface area contributed by atoms with E-state index < -0.39 is 0 Å². The molecule has 0 atom stereocenters. The van der Waals surface area contributed by atoms with Crippen LogP contribution in [0.15, 0.2) is 36.9 Å². The minimum atomic E-state index is -0.142. The second-order valence-corrected chi connectivity index (χ2v) is 5.91. The molecule has 0 aromatic heterocycles. The number of allylic oxidation sites excluding steroid dienone is 1. The number of rotatable bonds is 13. The number of ether oxygens (including phenoxy) is 2. The van der Waals surface area contributed by atoms with E-state index in [4.69, 9.17) is 21.1 Å². The molecule has 0 unspecified atom stereocenters. The summed E-state index contributed by atoms with van der Waals surface area (Å²) in [6.07, 6.45) is 10.4. The zero-order valence-corrected chi connectivity index (χ0v) is 14.5. The zero-order valence-electron chi connectivity index (χ0n) is 13.8. The molecule has 0 aliphatic heterocycles. The molecule has 3 nitrogen and oxygen atoms in total. The highest BCUT2D eigenvalue weighted by atomic mass is 35.5. The maximum atomic E-state index is 11.6. The van der Waals surface area contributed by atoms with Gasteiger partial charge in [-0.15, -0.1) is 6.58 Å². The number of unbranched alkanes of at least 4 members (excludes halogenated alkanes) is 6. The summed E-state index contributed by atoms with van der Waals surface area (Å²) in [7, 11) is 0. The maximum absolute atomic E-state index is 11.6. The molecule has 0 spiro atoms. The van der Waals surface area contributed by atoms with Crippen molar-refractivity contribution in [1.29, 1.82) is 0 Å². The summed E-state index contributed by atoms with van der Waals surface area (Å²) in [5.41, 5.74) is 0. The third-order valence-electron chi connectivity index (χ3n) is 3.47. The molecule has 1 aromatic rings. The fourth-order valence-electron chi connectivity index (χ4n) is 2.18. The second-order valence-electron chi connectivity index (χ2n) is 5.47. The van der Waals surface area contributed by atoms with Crippen LogP contribution in [0.2, 0.25) is 5.02 Å². The Labute approximate surface area is 144 Å². The predicted octanol–water partition coefficient (Wildman–Crippen LogP) is 5.57. The summed E-state index contributed by atoms with van der Waals surface area (Å²) < 4.78 is 10.6. The van der Waals surface area contributed by atoms with Crippen LogP contribution < -0.4 is 4.74 Å². The minimum Gasteiger partial charge on any atom is -0.490 e. The molecule has 0 heterocycles. The Kier molecular flexibility index (Phi) is 11.1. The summed E-state index contributed by atoms with van der Waals surface area (Å²) in [5.74, 6) is 0.582. The van der Waals surface area contributed by atoms with Crippen molar-refractivity contribution in [1.82, 2.24) is 0 Å². The number of hydrogen-bond donors (Lipinski definition) is 0. The number of esters is 1. The van der Waals surface area contributed by atoms with Crippen molar-refractivity contribution >= 4 is 17.6 Å². The van der Waals surface area contributed by atoms with Crippen molar-refractivity contribution in [3.05, 3.63) is 41.9 Å². The molecule has 0 amide bonds. The highest BCUT2D eigenvalue weighted by Gasteiger charge is 2.03. The molecule has 1 aromatic carbocycles. The van der Waals surface area contributed by atoms with Crippen molar-refractivity contribution in [2.45, 2.75) is 51.4 Å². The molecule has 0 aliphatic carbocycles. The van der Waals surface area contributed by atoms with E-state index in [2.05, 4.69) is 6.58 Å². The average molecular weight is 339 g/mol. The van der Waals surface area contributed by atoms with Gasteiger partial charge in [0.25, 0.3) is 0 Å². The lowest BCUT2D eigenvalue weighted by atomic mass is 10.1. The van der Waals surface area contributed by atoms with E-state index >= 15 is 0 Å². The van der Waals surface area contributed by atoms with E-state index in [1.54, 1.807) is 24.3 Å². The Morgan fingerprint density at radius 2 is 1.65 bits per heavy atom. The molecule has 0 saturated carbocycles. The molecule has 128 valence electrons. The van der Waals surface area contributed by atoms with Crippen LogP contribution in [0, 0.1) is 0 Å². The van der Waals surface area contributed by atoms with Gasteiger partial charge in [0, 0.05) is 11.4 Å². The molecule has 0 aliphatic rings. The predicted molar refractivity (Wildman–Crippen MR) is 95.0 cm³/mol. The molecular formula is C19H27ClO3. The van der Waals surface area contributed by atoms with Crippen molar-refractivity contribution in [3.63, 3.8) is 0 Å². The molecule has 0 radical (unpaired) electrons. The van der Waals surface area contributed by atoms with E-state index in [1.807, 2.05) is 6.08 Å². The largest absolute Gasteiger partial charge is 0.490 e. The molecule has 0 N–H and O–H groups in total. The first-order valence-corrected chi connectivity index (χ1v) is 8.75. The van der Waals surface area contributed by atoms with E-state index in [1.165, 1.54) is 25.7 Å². The fourth-order valence-corrected chi connectivity index (χ4v) is 2.31. The van der Waals surface area contributed by atoms with Crippen LogP contribution in [0.4, 0.5) is 0 Å². The van der Waals surface area contributed by atoms with Gasteiger partial charge in [0.1, 0.15) is 19.0 Å². The topological polar surface area (TPSA) is 35.5 Å². The van der Waals surface area contributed by atoms with E-state index in [-0.39, 0.29) is 12.6 Å². The summed E-state index contributed by atoms with van der Waals surface area (Å²) in [6, 6.07) is 7.11. The van der Waals surface area contributed by atoms with Crippen LogP contribution in [0.3, 0.4) is 0 Å². The maximum Gasteiger partial charge on any atom is 0.305 e. The lowest BCUT2D eigenvalue weighted by Gasteiger charge is -2.07. The lowest BCUT2D eigenvalue weighted by molar-refractivity contribution is -0.144. The fraction of sp³-hybridized carbons (Fsp3) is 0.526. The average Bonchev–Trinajstić information content (AvgIpc) is 2.56. The first-order chi connectivity index (χ1) is 11.2. The van der Waals surface area contributed by atoms with Crippen LogP contribution in [0.25, 0.3) is 0 Å².